The van der Waals surface area contributed by atoms with Gasteiger partial charge < -0.3 is 9.42 Å². The number of benzene rings is 1. The average Bonchev–Trinajstić information content (AvgIpc) is 3.36. The lowest BCUT2D eigenvalue weighted by molar-refractivity contribution is 0.0693. The minimum absolute atomic E-state index is 0.0884. The third-order valence-electron chi connectivity index (χ3n) is 5.44. The Morgan fingerprint density at radius 2 is 2.00 bits per heavy atom. The number of carbonyl (C=O) groups is 1. The number of amides is 1. The number of rotatable bonds is 3. The average molecular weight is 364 g/mol. The molecule has 1 aliphatic heterocycles. The summed E-state index contributed by atoms with van der Waals surface area (Å²) in [7, 11) is 1.86. The van der Waals surface area contributed by atoms with Gasteiger partial charge in [0, 0.05) is 31.4 Å². The molecule has 0 N–H and O–H groups in total. The molecule has 1 amide bonds. The molecule has 0 bridgehead atoms. The fourth-order valence-electron chi connectivity index (χ4n) is 3.82. The third kappa shape index (κ3) is 3.16. The SMILES string of the molecule is Cc1ccc(C2CCCN2C(=O)c2cc(-c3cn(C)nc3C)no2)cc1C. The van der Waals surface area contributed by atoms with Crippen molar-refractivity contribution in [2.24, 2.45) is 7.05 Å². The van der Waals surface area contributed by atoms with E-state index in [2.05, 4.69) is 42.3 Å². The predicted octanol–water partition coefficient (Wildman–Crippen LogP) is 3.98. The topological polar surface area (TPSA) is 64.2 Å². The zero-order chi connectivity index (χ0) is 19.1. The first-order valence-electron chi connectivity index (χ1n) is 9.29. The second-order valence-corrected chi connectivity index (χ2v) is 7.38. The highest BCUT2D eigenvalue weighted by Crippen LogP contribution is 2.34. The number of hydrogen-bond donors (Lipinski definition) is 0. The predicted molar refractivity (Wildman–Crippen MR) is 102 cm³/mol. The molecule has 6 heteroatoms. The summed E-state index contributed by atoms with van der Waals surface area (Å²) in [6, 6.07) is 8.26. The number of hydrogen-bond acceptors (Lipinski definition) is 4. The molecule has 1 aliphatic rings. The van der Waals surface area contributed by atoms with E-state index in [4.69, 9.17) is 4.52 Å². The molecule has 1 atom stereocenters. The summed E-state index contributed by atoms with van der Waals surface area (Å²) < 4.78 is 7.14. The van der Waals surface area contributed by atoms with E-state index in [0.717, 1.165) is 30.6 Å². The number of aryl methyl sites for hydroxylation is 4. The summed E-state index contributed by atoms with van der Waals surface area (Å²) in [5, 5.41) is 8.43. The first-order chi connectivity index (χ1) is 12.9. The van der Waals surface area contributed by atoms with Crippen LogP contribution in [0.5, 0.6) is 0 Å². The highest BCUT2D eigenvalue weighted by molar-refractivity contribution is 5.93. The minimum atomic E-state index is -0.101. The Labute approximate surface area is 158 Å². The van der Waals surface area contributed by atoms with E-state index >= 15 is 0 Å². The van der Waals surface area contributed by atoms with Gasteiger partial charge in [-0.25, -0.2) is 0 Å². The molecule has 0 radical (unpaired) electrons. The maximum Gasteiger partial charge on any atom is 0.292 e. The summed E-state index contributed by atoms with van der Waals surface area (Å²) in [6.45, 7) is 6.87. The van der Waals surface area contributed by atoms with Crippen molar-refractivity contribution < 1.29 is 9.32 Å². The van der Waals surface area contributed by atoms with Crippen molar-refractivity contribution in [3.63, 3.8) is 0 Å². The molecule has 3 aromatic rings. The number of likely N-dealkylation sites (tertiary alicyclic amines) is 1. The van der Waals surface area contributed by atoms with E-state index in [-0.39, 0.29) is 17.7 Å². The van der Waals surface area contributed by atoms with Crippen molar-refractivity contribution in [1.29, 1.82) is 0 Å². The minimum Gasteiger partial charge on any atom is -0.350 e. The highest BCUT2D eigenvalue weighted by Gasteiger charge is 2.33. The van der Waals surface area contributed by atoms with Gasteiger partial charge in [-0.05, 0) is 50.3 Å². The maximum absolute atomic E-state index is 13.1. The Hall–Kier alpha value is -2.89. The fraction of sp³-hybridized carbons (Fsp3) is 0.381. The lowest BCUT2D eigenvalue weighted by Gasteiger charge is -2.24. The molecule has 1 fully saturated rings. The lowest BCUT2D eigenvalue weighted by atomic mass is 9.99. The van der Waals surface area contributed by atoms with Crippen molar-refractivity contribution in [2.75, 3.05) is 6.54 Å². The van der Waals surface area contributed by atoms with Gasteiger partial charge in [-0.2, -0.15) is 5.10 Å². The van der Waals surface area contributed by atoms with Crippen molar-refractivity contribution >= 4 is 5.91 Å². The van der Waals surface area contributed by atoms with Crippen LogP contribution < -0.4 is 0 Å². The van der Waals surface area contributed by atoms with Crippen molar-refractivity contribution in [2.45, 2.75) is 39.7 Å². The van der Waals surface area contributed by atoms with Gasteiger partial charge >= 0.3 is 0 Å². The molecular weight excluding hydrogens is 340 g/mol. The number of aromatic nitrogens is 3. The van der Waals surface area contributed by atoms with Crippen LogP contribution in [-0.4, -0.2) is 32.3 Å². The van der Waals surface area contributed by atoms with Crippen LogP contribution >= 0.6 is 0 Å². The van der Waals surface area contributed by atoms with Crippen LogP contribution in [0.4, 0.5) is 0 Å². The van der Waals surface area contributed by atoms with E-state index in [1.165, 1.54) is 16.7 Å². The molecule has 2 aromatic heterocycles. The van der Waals surface area contributed by atoms with Gasteiger partial charge in [-0.1, -0.05) is 23.4 Å². The molecule has 0 spiro atoms. The summed E-state index contributed by atoms with van der Waals surface area (Å²) in [6.07, 6.45) is 3.85. The van der Waals surface area contributed by atoms with Crippen LogP contribution in [0.25, 0.3) is 11.3 Å². The molecule has 1 aromatic carbocycles. The van der Waals surface area contributed by atoms with E-state index in [1.807, 2.05) is 25.1 Å². The highest BCUT2D eigenvalue weighted by atomic mass is 16.5. The molecule has 6 nitrogen and oxygen atoms in total. The quantitative estimate of drug-likeness (QED) is 0.705. The summed E-state index contributed by atoms with van der Waals surface area (Å²) >= 11 is 0. The lowest BCUT2D eigenvalue weighted by Crippen LogP contribution is -2.30. The van der Waals surface area contributed by atoms with Gasteiger partial charge in [-0.3, -0.25) is 9.48 Å². The maximum atomic E-state index is 13.1. The van der Waals surface area contributed by atoms with Crippen molar-refractivity contribution in [3.05, 3.63) is 58.6 Å². The summed E-state index contributed by atoms with van der Waals surface area (Å²) in [5.41, 5.74) is 6.09. The Kier molecular flexibility index (Phi) is 4.34. The zero-order valence-electron chi connectivity index (χ0n) is 16.2. The molecule has 140 valence electrons. The van der Waals surface area contributed by atoms with Crippen molar-refractivity contribution in [3.8, 4) is 11.3 Å². The van der Waals surface area contributed by atoms with Gasteiger partial charge in [0.2, 0.25) is 5.76 Å². The molecule has 0 aliphatic carbocycles. The van der Waals surface area contributed by atoms with Crippen LogP contribution in [0.1, 0.15) is 51.8 Å². The summed E-state index contributed by atoms with van der Waals surface area (Å²) in [5.74, 6) is 0.181. The Morgan fingerprint density at radius 3 is 2.70 bits per heavy atom. The molecular formula is C21H24N4O2. The first-order valence-corrected chi connectivity index (χ1v) is 9.29. The normalized spacial score (nSPS) is 16.9. The van der Waals surface area contributed by atoms with Crippen LogP contribution in [0.3, 0.4) is 0 Å². The Morgan fingerprint density at radius 1 is 1.19 bits per heavy atom. The van der Waals surface area contributed by atoms with Crippen LogP contribution in [0.15, 0.2) is 35.0 Å². The molecule has 0 saturated carbocycles. The van der Waals surface area contributed by atoms with E-state index in [1.54, 1.807) is 10.7 Å². The number of nitrogens with zero attached hydrogens (tertiary/aromatic N) is 4. The van der Waals surface area contributed by atoms with Gasteiger partial charge in [0.15, 0.2) is 0 Å². The van der Waals surface area contributed by atoms with Gasteiger partial charge in [0.1, 0.15) is 5.69 Å². The second-order valence-electron chi connectivity index (χ2n) is 7.38. The molecule has 4 rings (SSSR count). The Balaban J connectivity index is 1.60. The molecule has 3 heterocycles. The smallest absolute Gasteiger partial charge is 0.292 e. The van der Waals surface area contributed by atoms with E-state index in [9.17, 15) is 4.79 Å². The van der Waals surface area contributed by atoms with E-state index in [0.29, 0.717) is 5.69 Å². The molecule has 27 heavy (non-hydrogen) atoms. The van der Waals surface area contributed by atoms with Gasteiger partial charge in [0.05, 0.1) is 11.7 Å². The number of carbonyl (C=O) groups excluding carboxylic acids is 1. The van der Waals surface area contributed by atoms with Gasteiger partial charge in [0.25, 0.3) is 5.91 Å². The standard InChI is InChI=1S/C21H24N4O2/c1-13-7-8-16(10-14(13)2)19-6-5-9-25(19)21(26)20-11-18(23-27-20)17-12-24(4)22-15(17)3/h7-8,10-12,19H,5-6,9H2,1-4H3. The van der Waals surface area contributed by atoms with Crippen LogP contribution in [-0.2, 0) is 7.05 Å². The van der Waals surface area contributed by atoms with Gasteiger partial charge in [-0.15, -0.1) is 0 Å². The monoisotopic (exact) mass is 364 g/mol. The third-order valence-corrected chi connectivity index (χ3v) is 5.44. The Bertz CT molecular complexity index is 1000. The largest absolute Gasteiger partial charge is 0.350 e. The van der Waals surface area contributed by atoms with Crippen molar-refractivity contribution in [1.82, 2.24) is 19.8 Å². The van der Waals surface area contributed by atoms with Crippen LogP contribution in [0, 0.1) is 20.8 Å². The summed E-state index contributed by atoms with van der Waals surface area (Å²) in [4.78, 5) is 15.0. The fourth-order valence-corrected chi connectivity index (χ4v) is 3.82. The van der Waals surface area contributed by atoms with Crippen LogP contribution in [0.2, 0.25) is 0 Å². The zero-order valence-corrected chi connectivity index (χ0v) is 16.2. The molecule has 1 saturated heterocycles. The van der Waals surface area contributed by atoms with E-state index < -0.39 is 0 Å². The first kappa shape index (κ1) is 17.5. The second kappa shape index (κ2) is 6.68. The molecule has 1 unspecified atom stereocenters.